The molecule has 0 radical (unpaired) electrons. The molecule has 1 aromatic heterocycles. The summed E-state index contributed by atoms with van der Waals surface area (Å²) in [6, 6.07) is 21.6. The zero-order chi connectivity index (χ0) is 24.8. The molecule has 5 N–H and O–H groups in total. The van der Waals surface area contributed by atoms with Crippen molar-refractivity contribution in [2.24, 2.45) is 5.92 Å². The summed E-state index contributed by atoms with van der Waals surface area (Å²) in [4.78, 5) is 29.4. The summed E-state index contributed by atoms with van der Waals surface area (Å²) < 4.78 is 0. The Balaban J connectivity index is 1.23. The van der Waals surface area contributed by atoms with Crippen LogP contribution in [0.25, 0.3) is 11.1 Å². The molecule has 7 heteroatoms. The fraction of sp³-hybridized carbons (Fsp3) is 0.321. The molecule has 2 amide bonds. The van der Waals surface area contributed by atoms with Gasteiger partial charge in [-0.3, -0.25) is 9.59 Å². The Labute approximate surface area is 206 Å². The predicted octanol–water partition coefficient (Wildman–Crippen LogP) is 2.98. The number of nitrogen functional groups attached to an aromatic ring is 1. The lowest BCUT2D eigenvalue weighted by atomic mass is 9.95. The predicted molar refractivity (Wildman–Crippen MR) is 138 cm³/mol. The number of hydrogen-bond donors (Lipinski definition) is 4. The first kappa shape index (κ1) is 24.4. The molecule has 0 unspecified atom stereocenters. The molecule has 0 saturated carbocycles. The first-order valence-electron chi connectivity index (χ1n) is 12.1. The maximum absolute atomic E-state index is 12.7. The van der Waals surface area contributed by atoms with Crippen molar-refractivity contribution in [2.45, 2.75) is 45.3 Å². The summed E-state index contributed by atoms with van der Waals surface area (Å²) >= 11 is 0. The molecular weight excluding hydrogens is 438 g/mol. The van der Waals surface area contributed by atoms with Gasteiger partial charge in [0.15, 0.2) is 0 Å². The highest BCUT2D eigenvalue weighted by Crippen LogP contribution is 2.23. The molecule has 7 nitrogen and oxygen atoms in total. The van der Waals surface area contributed by atoms with Gasteiger partial charge >= 0.3 is 0 Å². The Morgan fingerprint density at radius 1 is 1.06 bits per heavy atom. The van der Waals surface area contributed by atoms with Gasteiger partial charge in [0, 0.05) is 12.2 Å². The number of nitrogens with two attached hydrogens (primary N) is 1. The number of rotatable bonds is 8. The lowest BCUT2D eigenvalue weighted by Crippen LogP contribution is -2.50. The number of benzene rings is 2. The van der Waals surface area contributed by atoms with Crippen molar-refractivity contribution in [1.82, 2.24) is 20.9 Å². The van der Waals surface area contributed by atoms with Crippen LogP contribution >= 0.6 is 0 Å². The van der Waals surface area contributed by atoms with Gasteiger partial charge in [0.2, 0.25) is 11.8 Å². The number of carbonyl (C=O) groups is 2. The molecule has 2 aromatic carbocycles. The van der Waals surface area contributed by atoms with Crippen LogP contribution in [0, 0.1) is 12.8 Å². The van der Waals surface area contributed by atoms with Gasteiger partial charge < -0.3 is 21.7 Å². The number of nitrogens with one attached hydrogen (secondary N) is 3. The molecule has 0 spiro atoms. The largest absolute Gasteiger partial charge is 0.384 e. The minimum absolute atomic E-state index is 0.139. The van der Waals surface area contributed by atoms with Gasteiger partial charge in [-0.1, -0.05) is 60.7 Å². The van der Waals surface area contributed by atoms with Crippen LogP contribution in [0.3, 0.4) is 0 Å². The fourth-order valence-electron chi connectivity index (χ4n) is 4.47. The SMILES string of the molecule is Cc1nc(N)ccc1CNC(=O)[C@H](C)NC(=O)[C@H]1C[C@H](Cc2ccc(-c3ccccc3)cc2)CN1. The van der Waals surface area contributed by atoms with E-state index in [1.54, 1.807) is 13.0 Å². The van der Waals surface area contributed by atoms with Gasteiger partial charge in [-0.05, 0) is 67.5 Å². The highest BCUT2D eigenvalue weighted by Gasteiger charge is 2.30. The lowest BCUT2D eigenvalue weighted by molar-refractivity contribution is -0.129. The van der Waals surface area contributed by atoms with Crippen molar-refractivity contribution < 1.29 is 9.59 Å². The quantitative estimate of drug-likeness (QED) is 0.404. The highest BCUT2D eigenvalue weighted by atomic mass is 16.2. The van der Waals surface area contributed by atoms with Gasteiger partial charge in [-0.2, -0.15) is 0 Å². The number of amides is 2. The number of pyridine rings is 1. The van der Waals surface area contributed by atoms with Crippen molar-refractivity contribution >= 4 is 17.6 Å². The molecule has 0 aliphatic carbocycles. The second-order valence-corrected chi connectivity index (χ2v) is 9.26. The van der Waals surface area contributed by atoms with Crippen LogP contribution in [0.2, 0.25) is 0 Å². The van der Waals surface area contributed by atoms with E-state index in [4.69, 9.17) is 5.73 Å². The van der Waals surface area contributed by atoms with Crippen molar-refractivity contribution in [3.63, 3.8) is 0 Å². The van der Waals surface area contributed by atoms with E-state index in [2.05, 4.69) is 57.3 Å². The van der Waals surface area contributed by atoms with Gasteiger partial charge in [0.05, 0.1) is 6.04 Å². The average molecular weight is 472 g/mol. The van der Waals surface area contributed by atoms with Crippen LogP contribution in [0.5, 0.6) is 0 Å². The summed E-state index contributed by atoms with van der Waals surface area (Å²) in [5.41, 5.74) is 11.0. The van der Waals surface area contributed by atoms with Crippen molar-refractivity contribution in [3.05, 3.63) is 83.6 Å². The monoisotopic (exact) mass is 471 g/mol. The van der Waals surface area contributed by atoms with Gasteiger partial charge in [-0.25, -0.2) is 4.98 Å². The lowest BCUT2D eigenvalue weighted by Gasteiger charge is -2.17. The summed E-state index contributed by atoms with van der Waals surface area (Å²) in [7, 11) is 0. The molecule has 35 heavy (non-hydrogen) atoms. The molecule has 2 heterocycles. The number of anilines is 1. The maximum Gasteiger partial charge on any atom is 0.242 e. The molecule has 182 valence electrons. The van der Waals surface area contributed by atoms with Crippen molar-refractivity contribution in [3.8, 4) is 11.1 Å². The number of aryl methyl sites for hydroxylation is 1. The third-order valence-corrected chi connectivity index (χ3v) is 6.55. The summed E-state index contributed by atoms with van der Waals surface area (Å²) in [6.45, 7) is 4.67. The Morgan fingerprint density at radius 3 is 2.49 bits per heavy atom. The van der Waals surface area contributed by atoms with E-state index < -0.39 is 6.04 Å². The van der Waals surface area contributed by atoms with E-state index in [-0.39, 0.29) is 17.9 Å². The zero-order valence-corrected chi connectivity index (χ0v) is 20.3. The standard InChI is InChI=1S/C28H33N5O2/c1-18-24(12-13-26(29)32-18)17-31-27(34)19(2)33-28(35)25-15-21(16-30-25)14-20-8-10-23(11-9-20)22-6-4-3-5-7-22/h3-13,19,21,25,30H,14-17H2,1-2H3,(H2,29,32)(H,31,34)(H,33,35)/t19-,21-,25+/m0/s1. The molecule has 3 atom stereocenters. The first-order chi connectivity index (χ1) is 16.9. The van der Waals surface area contributed by atoms with Crippen molar-refractivity contribution in [2.75, 3.05) is 12.3 Å². The van der Waals surface area contributed by atoms with E-state index in [1.165, 1.54) is 16.7 Å². The van der Waals surface area contributed by atoms with Crippen LogP contribution < -0.4 is 21.7 Å². The Bertz CT molecular complexity index is 1160. The Hall–Kier alpha value is -3.71. The molecule has 1 aliphatic rings. The Kier molecular flexibility index (Phi) is 7.77. The van der Waals surface area contributed by atoms with Crippen LogP contribution in [0.1, 0.15) is 30.2 Å². The molecule has 1 fully saturated rings. The topological polar surface area (TPSA) is 109 Å². The van der Waals surface area contributed by atoms with Gasteiger partial charge in [0.25, 0.3) is 0 Å². The third-order valence-electron chi connectivity index (χ3n) is 6.55. The summed E-state index contributed by atoms with van der Waals surface area (Å²) in [6.07, 6.45) is 1.66. The zero-order valence-electron chi connectivity index (χ0n) is 20.3. The van der Waals surface area contributed by atoms with Crippen LogP contribution in [0.4, 0.5) is 5.82 Å². The average Bonchev–Trinajstić information content (AvgIpc) is 3.33. The van der Waals surface area contributed by atoms with E-state index in [0.29, 0.717) is 18.3 Å². The minimum Gasteiger partial charge on any atom is -0.384 e. The van der Waals surface area contributed by atoms with E-state index in [0.717, 1.165) is 30.6 Å². The molecule has 3 aromatic rings. The summed E-state index contributed by atoms with van der Waals surface area (Å²) in [5, 5.41) is 9.02. The highest BCUT2D eigenvalue weighted by molar-refractivity contribution is 5.89. The molecular formula is C28H33N5O2. The molecule has 1 aliphatic heterocycles. The van der Waals surface area contributed by atoms with Crippen molar-refractivity contribution in [1.29, 1.82) is 0 Å². The third kappa shape index (κ3) is 6.45. The van der Waals surface area contributed by atoms with E-state index in [1.807, 2.05) is 31.2 Å². The maximum atomic E-state index is 12.7. The van der Waals surface area contributed by atoms with Gasteiger partial charge in [-0.15, -0.1) is 0 Å². The van der Waals surface area contributed by atoms with Crippen LogP contribution in [-0.2, 0) is 22.6 Å². The van der Waals surface area contributed by atoms with Crippen LogP contribution in [0.15, 0.2) is 66.7 Å². The second kappa shape index (κ2) is 11.1. The number of hydrogen-bond acceptors (Lipinski definition) is 5. The Morgan fingerprint density at radius 2 is 1.77 bits per heavy atom. The van der Waals surface area contributed by atoms with E-state index in [9.17, 15) is 9.59 Å². The fourth-order valence-corrected chi connectivity index (χ4v) is 4.47. The molecule has 1 saturated heterocycles. The molecule has 4 rings (SSSR count). The van der Waals surface area contributed by atoms with Crippen LogP contribution in [-0.4, -0.2) is 35.4 Å². The smallest absolute Gasteiger partial charge is 0.242 e. The first-order valence-corrected chi connectivity index (χ1v) is 12.1. The normalized spacial score (nSPS) is 18.1. The number of aromatic nitrogens is 1. The summed E-state index contributed by atoms with van der Waals surface area (Å²) in [5.74, 6) is 0.450. The number of nitrogens with zero attached hydrogens (tertiary/aromatic N) is 1. The van der Waals surface area contributed by atoms with Gasteiger partial charge in [0.1, 0.15) is 11.9 Å². The molecule has 0 bridgehead atoms. The number of carbonyl (C=O) groups excluding carboxylic acids is 2. The minimum atomic E-state index is -0.629. The second-order valence-electron chi connectivity index (χ2n) is 9.26. The van der Waals surface area contributed by atoms with E-state index >= 15 is 0 Å².